The summed E-state index contributed by atoms with van der Waals surface area (Å²) in [6.07, 6.45) is -0.792. The first-order chi connectivity index (χ1) is 11.6. The first-order valence-electron chi connectivity index (χ1n) is 6.86. The molecule has 0 spiro atoms. The summed E-state index contributed by atoms with van der Waals surface area (Å²) in [5.74, 6) is -1.47. The van der Waals surface area contributed by atoms with Gasteiger partial charge in [0.1, 0.15) is 6.61 Å². The molecule has 0 radical (unpaired) electrons. The molecule has 0 saturated carbocycles. The van der Waals surface area contributed by atoms with E-state index in [1.54, 1.807) is 0 Å². The average Bonchev–Trinajstić information content (AvgIpc) is 2.53. The Morgan fingerprint density at radius 1 is 1.00 bits per heavy atom. The van der Waals surface area contributed by atoms with Crippen molar-refractivity contribution >= 4 is 97.0 Å². The summed E-state index contributed by atoms with van der Waals surface area (Å²) < 4.78 is 11.7. The standard InChI is InChI=1S/C14H16I3N3O5/c1-5(21)24-4-7(25-6(2)22)3-20-14(23)8-9(15)12(18)11(17)13(19)10(8)16/h7H,3-4,18-19H2,1-2H3,(H,20,23). The molecule has 1 amide bonds. The topological polar surface area (TPSA) is 134 Å². The predicted octanol–water partition coefficient (Wildman–Crippen LogP) is 1.89. The summed E-state index contributed by atoms with van der Waals surface area (Å²) in [5.41, 5.74) is 13.2. The smallest absolute Gasteiger partial charge is 0.303 e. The number of nitrogens with one attached hydrogen (secondary N) is 1. The number of rotatable bonds is 6. The van der Waals surface area contributed by atoms with E-state index < -0.39 is 23.9 Å². The summed E-state index contributed by atoms with van der Waals surface area (Å²) in [6.45, 7) is 2.30. The van der Waals surface area contributed by atoms with Crippen LogP contribution in [0.25, 0.3) is 0 Å². The van der Waals surface area contributed by atoms with Gasteiger partial charge in [0, 0.05) is 13.8 Å². The minimum atomic E-state index is -0.792. The van der Waals surface area contributed by atoms with E-state index in [9.17, 15) is 14.4 Å². The Kier molecular flexibility index (Phi) is 8.93. The zero-order valence-corrected chi connectivity index (χ0v) is 19.8. The number of halogens is 3. The van der Waals surface area contributed by atoms with Gasteiger partial charge in [0.05, 0.1) is 34.2 Å². The minimum absolute atomic E-state index is 0.0242. The lowest BCUT2D eigenvalue weighted by molar-refractivity contribution is -0.155. The van der Waals surface area contributed by atoms with Gasteiger partial charge in [-0.05, 0) is 67.8 Å². The van der Waals surface area contributed by atoms with E-state index >= 15 is 0 Å². The van der Waals surface area contributed by atoms with Gasteiger partial charge in [0.2, 0.25) is 0 Å². The van der Waals surface area contributed by atoms with Crippen molar-refractivity contribution in [3.63, 3.8) is 0 Å². The fourth-order valence-corrected chi connectivity index (χ4v) is 5.43. The Labute approximate surface area is 185 Å². The molecule has 0 saturated heterocycles. The van der Waals surface area contributed by atoms with Crippen LogP contribution in [0.15, 0.2) is 0 Å². The van der Waals surface area contributed by atoms with Gasteiger partial charge in [-0.15, -0.1) is 0 Å². The molecule has 25 heavy (non-hydrogen) atoms. The van der Waals surface area contributed by atoms with Crippen LogP contribution < -0.4 is 16.8 Å². The van der Waals surface area contributed by atoms with Crippen molar-refractivity contribution in [1.82, 2.24) is 5.32 Å². The number of carbonyl (C=O) groups is 3. The Hall–Kier alpha value is -0.580. The van der Waals surface area contributed by atoms with Crippen LogP contribution in [0, 0.1) is 10.7 Å². The molecule has 1 rings (SSSR count). The molecule has 0 heterocycles. The van der Waals surface area contributed by atoms with Crippen LogP contribution in [0.5, 0.6) is 0 Å². The maximum atomic E-state index is 12.5. The van der Waals surface area contributed by atoms with Crippen LogP contribution in [0.3, 0.4) is 0 Å². The fourth-order valence-electron chi connectivity index (χ4n) is 1.78. The number of ether oxygens (including phenoxy) is 2. The predicted molar refractivity (Wildman–Crippen MR) is 118 cm³/mol. The molecule has 1 unspecified atom stereocenters. The maximum Gasteiger partial charge on any atom is 0.303 e. The molecule has 1 aromatic carbocycles. The number of nitrogens with two attached hydrogens (primary N) is 2. The van der Waals surface area contributed by atoms with Crippen molar-refractivity contribution < 1.29 is 23.9 Å². The van der Waals surface area contributed by atoms with Gasteiger partial charge in [-0.2, -0.15) is 0 Å². The molecule has 1 aromatic rings. The highest BCUT2D eigenvalue weighted by Gasteiger charge is 2.23. The molecular formula is C14H16I3N3O5. The number of hydrogen-bond donors (Lipinski definition) is 3. The van der Waals surface area contributed by atoms with Crippen molar-refractivity contribution in [3.8, 4) is 0 Å². The first-order valence-corrected chi connectivity index (χ1v) is 10.1. The van der Waals surface area contributed by atoms with E-state index in [2.05, 4.69) is 5.32 Å². The van der Waals surface area contributed by atoms with Crippen molar-refractivity contribution in [3.05, 3.63) is 16.3 Å². The van der Waals surface area contributed by atoms with Crippen LogP contribution in [-0.2, 0) is 19.1 Å². The number of nitrogen functional groups attached to an aromatic ring is 2. The van der Waals surface area contributed by atoms with Crippen molar-refractivity contribution in [2.75, 3.05) is 24.6 Å². The molecule has 5 N–H and O–H groups in total. The molecule has 0 aliphatic heterocycles. The number of carbonyl (C=O) groups excluding carboxylic acids is 3. The first kappa shape index (κ1) is 22.5. The van der Waals surface area contributed by atoms with Crippen LogP contribution in [0.4, 0.5) is 11.4 Å². The highest BCUT2D eigenvalue weighted by Crippen LogP contribution is 2.35. The van der Waals surface area contributed by atoms with Crippen LogP contribution in [-0.4, -0.2) is 37.1 Å². The number of hydrogen-bond acceptors (Lipinski definition) is 7. The van der Waals surface area contributed by atoms with Crippen molar-refractivity contribution in [1.29, 1.82) is 0 Å². The monoisotopic (exact) mass is 687 g/mol. The normalized spacial score (nSPS) is 11.6. The molecular weight excluding hydrogens is 671 g/mol. The summed E-state index contributed by atoms with van der Waals surface area (Å²) in [7, 11) is 0. The number of anilines is 2. The molecule has 0 bridgehead atoms. The molecule has 0 aliphatic rings. The third-order valence-corrected chi connectivity index (χ3v) is 6.31. The third kappa shape index (κ3) is 6.26. The van der Waals surface area contributed by atoms with E-state index in [0.717, 1.165) is 0 Å². The molecule has 138 valence electrons. The van der Waals surface area contributed by atoms with E-state index in [-0.39, 0.29) is 13.2 Å². The van der Waals surface area contributed by atoms with Gasteiger partial charge < -0.3 is 26.3 Å². The van der Waals surface area contributed by atoms with Gasteiger partial charge in [-0.3, -0.25) is 14.4 Å². The second kappa shape index (κ2) is 9.94. The zero-order valence-electron chi connectivity index (χ0n) is 13.3. The summed E-state index contributed by atoms with van der Waals surface area (Å²) >= 11 is 5.99. The molecule has 0 fully saturated rings. The average molecular weight is 687 g/mol. The SMILES string of the molecule is CC(=O)OCC(CNC(=O)c1c(I)c(N)c(I)c(N)c1I)OC(C)=O. The van der Waals surface area contributed by atoms with Crippen LogP contribution >= 0.6 is 67.8 Å². The van der Waals surface area contributed by atoms with Gasteiger partial charge in [-0.1, -0.05) is 0 Å². The Morgan fingerprint density at radius 2 is 1.52 bits per heavy atom. The molecule has 11 heteroatoms. The second-order valence-electron chi connectivity index (χ2n) is 4.89. The van der Waals surface area contributed by atoms with Crippen molar-refractivity contribution in [2.24, 2.45) is 0 Å². The van der Waals surface area contributed by atoms with E-state index in [4.69, 9.17) is 20.9 Å². The Balaban J connectivity index is 2.94. The van der Waals surface area contributed by atoms with Gasteiger partial charge in [0.25, 0.3) is 5.91 Å². The highest BCUT2D eigenvalue weighted by molar-refractivity contribution is 14.1. The molecule has 1 atom stereocenters. The van der Waals surface area contributed by atoms with Gasteiger partial charge >= 0.3 is 11.9 Å². The van der Waals surface area contributed by atoms with Gasteiger partial charge in [0.15, 0.2) is 6.10 Å². The quantitative estimate of drug-likeness (QED) is 0.237. The summed E-state index contributed by atoms with van der Waals surface area (Å²) in [6, 6.07) is 0. The van der Waals surface area contributed by atoms with E-state index in [1.165, 1.54) is 13.8 Å². The minimum Gasteiger partial charge on any atom is -0.462 e. The molecule has 8 nitrogen and oxygen atoms in total. The summed E-state index contributed by atoms with van der Waals surface area (Å²) in [5, 5.41) is 2.65. The van der Waals surface area contributed by atoms with Crippen LogP contribution in [0.2, 0.25) is 0 Å². The second-order valence-corrected chi connectivity index (χ2v) is 8.12. The van der Waals surface area contributed by atoms with Gasteiger partial charge in [-0.25, -0.2) is 0 Å². The Bertz CT molecular complexity index is 682. The van der Waals surface area contributed by atoms with Crippen LogP contribution in [0.1, 0.15) is 24.2 Å². The largest absolute Gasteiger partial charge is 0.462 e. The third-order valence-electron chi connectivity index (χ3n) is 2.91. The molecule has 0 aromatic heterocycles. The number of esters is 2. The van der Waals surface area contributed by atoms with Crippen molar-refractivity contribution in [2.45, 2.75) is 20.0 Å². The van der Waals surface area contributed by atoms with E-state index in [1.807, 2.05) is 67.8 Å². The lowest BCUT2D eigenvalue weighted by atomic mass is 10.1. The molecule has 0 aliphatic carbocycles. The highest BCUT2D eigenvalue weighted by atomic mass is 127. The number of benzene rings is 1. The zero-order chi connectivity index (χ0) is 19.3. The lowest BCUT2D eigenvalue weighted by Gasteiger charge is -2.19. The number of amides is 1. The van der Waals surface area contributed by atoms with E-state index in [0.29, 0.717) is 27.6 Å². The maximum absolute atomic E-state index is 12.5. The lowest BCUT2D eigenvalue weighted by Crippen LogP contribution is -2.38. The fraction of sp³-hybridized carbons (Fsp3) is 0.357. The Morgan fingerprint density at radius 3 is 1.96 bits per heavy atom. The summed E-state index contributed by atoms with van der Waals surface area (Å²) in [4.78, 5) is 34.6.